The molecule has 2 heterocycles. The molecule has 0 saturated carbocycles. The summed E-state index contributed by atoms with van der Waals surface area (Å²) in [6.45, 7) is 0. The second-order valence-corrected chi connectivity index (χ2v) is 8.69. The summed E-state index contributed by atoms with van der Waals surface area (Å²) in [6.07, 6.45) is 3.17. The first-order valence-corrected chi connectivity index (χ1v) is 10.2. The normalized spacial score (nSPS) is 23.5. The Morgan fingerprint density at radius 3 is 2.90 bits per heavy atom. The van der Waals surface area contributed by atoms with Gasteiger partial charge in [-0.05, 0) is 42.5 Å². The number of aromatic nitrogens is 1. The molecular weight excluding hydrogens is 400 g/mol. The number of fused-ring (bicyclic) bond motifs is 3. The van der Waals surface area contributed by atoms with Crippen LogP contribution in [0.25, 0.3) is 0 Å². The van der Waals surface area contributed by atoms with Gasteiger partial charge in [0.15, 0.2) is 11.5 Å². The molecule has 1 aromatic carbocycles. The van der Waals surface area contributed by atoms with Gasteiger partial charge in [0, 0.05) is 18.8 Å². The van der Waals surface area contributed by atoms with Gasteiger partial charge >= 0.3 is 0 Å². The SMILES string of the molecule is CN1C(N)=NC2c3cc(NC(=O)c4ncc(F)cc4F)ccc3CCCC2S1=O. The monoisotopic (exact) mass is 419 g/mol. The largest absolute Gasteiger partial charge is 0.369 e. The zero-order chi connectivity index (χ0) is 20.7. The quantitative estimate of drug-likeness (QED) is 0.780. The van der Waals surface area contributed by atoms with Crippen molar-refractivity contribution < 1.29 is 17.8 Å². The summed E-state index contributed by atoms with van der Waals surface area (Å²) in [6, 6.07) is 5.54. The third-order valence-corrected chi connectivity index (χ3v) is 6.89. The molecular formula is C19H19F2N5O2S. The summed E-state index contributed by atoms with van der Waals surface area (Å²) >= 11 is 0. The zero-order valence-corrected chi connectivity index (χ0v) is 16.4. The number of carbonyl (C=O) groups is 1. The molecule has 4 rings (SSSR count). The number of aryl methyl sites for hydroxylation is 1. The molecule has 0 fully saturated rings. The number of halogens is 2. The van der Waals surface area contributed by atoms with Crippen LogP contribution in [-0.4, -0.2) is 37.7 Å². The highest BCUT2D eigenvalue weighted by molar-refractivity contribution is 7.84. The number of benzene rings is 1. The van der Waals surface area contributed by atoms with Crippen molar-refractivity contribution in [1.82, 2.24) is 9.29 Å². The number of guanidine groups is 1. The van der Waals surface area contributed by atoms with E-state index in [1.54, 1.807) is 19.2 Å². The second-order valence-electron chi connectivity index (χ2n) is 6.99. The summed E-state index contributed by atoms with van der Waals surface area (Å²) in [5.74, 6) is -2.49. The maximum Gasteiger partial charge on any atom is 0.277 e. The molecule has 2 aromatic rings. The van der Waals surface area contributed by atoms with Crippen molar-refractivity contribution in [3.05, 3.63) is 58.9 Å². The van der Waals surface area contributed by atoms with E-state index in [1.807, 2.05) is 6.07 Å². The van der Waals surface area contributed by atoms with Crippen molar-refractivity contribution in [2.75, 3.05) is 12.4 Å². The number of pyridine rings is 1. The van der Waals surface area contributed by atoms with Gasteiger partial charge in [0.2, 0.25) is 5.96 Å². The fourth-order valence-electron chi connectivity index (χ4n) is 3.68. The van der Waals surface area contributed by atoms with Gasteiger partial charge < -0.3 is 11.1 Å². The number of nitrogens with zero attached hydrogens (tertiary/aromatic N) is 3. The van der Waals surface area contributed by atoms with Crippen LogP contribution in [0.3, 0.4) is 0 Å². The van der Waals surface area contributed by atoms with Crippen LogP contribution in [0, 0.1) is 11.6 Å². The van der Waals surface area contributed by atoms with Crippen LogP contribution in [0.5, 0.6) is 0 Å². The van der Waals surface area contributed by atoms with Gasteiger partial charge in [-0.1, -0.05) is 6.07 Å². The van der Waals surface area contributed by atoms with Crippen molar-refractivity contribution in [2.24, 2.45) is 10.7 Å². The Balaban J connectivity index is 1.67. The van der Waals surface area contributed by atoms with Gasteiger partial charge in [-0.2, -0.15) is 0 Å². The van der Waals surface area contributed by atoms with E-state index in [-0.39, 0.29) is 17.3 Å². The molecule has 1 aromatic heterocycles. The fourth-order valence-corrected chi connectivity index (χ4v) is 5.12. The number of carbonyl (C=O) groups excluding carboxylic acids is 1. The van der Waals surface area contributed by atoms with E-state index in [9.17, 15) is 17.8 Å². The third-order valence-electron chi connectivity index (χ3n) is 5.16. The van der Waals surface area contributed by atoms with Crippen LogP contribution < -0.4 is 11.1 Å². The molecule has 10 heteroatoms. The second kappa shape index (κ2) is 7.51. The maximum absolute atomic E-state index is 13.8. The zero-order valence-electron chi connectivity index (χ0n) is 15.6. The molecule has 7 nitrogen and oxygen atoms in total. The lowest BCUT2D eigenvalue weighted by Crippen LogP contribution is -2.46. The molecule has 1 aliphatic carbocycles. The molecule has 152 valence electrons. The highest BCUT2D eigenvalue weighted by atomic mass is 32.2. The Hall–Kier alpha value is -2.88. The summed E-state index contributed by atoms with van der Waals surface area (Å²) in [5, 5.41) is 2.37. The summed E-state index contributed by atoms with van der Waals surface area (Å²) in [4.78, 5) is 20.4. The highest BCUT2D eigenvalue weighted by Crippen LogP contribution is 2.38. The topological polar surface area (TPSA) is 101 Å². The first-order valence-electron chi connectivity index (χ1n) is 9.08. The van der Waals surface area contributed by atoms with Crippen LogP contribution >= 0.6 is 0 Å². The number of hydrogen-bond donors (Lipinski definition) is 2. The number of aliphatic imine (C=N–C) groups is 1. The molecule has 3 N–H and O–H groups in total. The lowest BCUT2D eigenvalue weighted by atomic mass is 9.98. The minimum Gasteiger partial charge on any atom is -0.369 e. The molecule has 1 aliphatic heterocycles. The minimum atomic E-state index is -1.31. The Labute approximate surface area is 168 Å². The van der Waals surface area contributed by atoms with E-state index in [1.165, 1.54) is 4.31 Å². The van der Waals surface area contributed by atoms with Crippen LogP contribution in [-0.2, 0) is 17.4 Å². The van der Waals surface area contributed by atoms with E-state index in [2.05, 4.69) is 15.3 Å². The van der Waals surface area contributed by atoms with Crippen molar-refractivity contribution in [3.63, 3.8) is 0 Å². The van der Waals surface area contributed by atoms with Gasteiger partial charge in [-0.3, -0.25) is 9.10 Å². The maximum atomic E-state index is 13.8. The Kier molecular flexibility index (Phi) is 5.03. The lowest BCUT2D eigenvalue weighted by Gasteiger charge is -2.33. The van der Waals surface area contributed by atoms with Crippen LogP contribution in [0.4, 0.5) is 14.5 Å². The molecule has 1 amide bonds. The number of hydrogen-bond acceptors (Lipinski definition) is 5. The van der Waals surface area contributed by atoms with Crippen molar-refractivity contribution in [1.29, 1.82) is 0 Å². The highest BCUT2D eigenvalue weighted by Gasteiger charge is 2.38. The van der Waals surface area contributed by atoms with Gasteiger partial charge in [0.05, 0.1) is 17.5 Å². The Morgan fingerprint density at radius 1 is 1.34 bits per heavy atom. The van der Waals surface area contributed by atoms with Crippen molar-refractivity contribution in [3.8, 4) is 0 Å². The standard InChI is InChI=1S/C19H19F2N5O2S/c1-26-19(22)25-16-13-8-12(6-5-10(13)3-2-4-15(16)29(26)28)24-18(27)17-14(21)7-11(20)9-23-17/h5-9,15-16H,2-4H2,1H3,(H2,22,25)(H,24,27). The van der Waals surface area contributed by atoms with E-state index >= 15 is 0 Å². The van der Waals surface area contributed by atoms with E-state index in [0.29, 0.717) is 11.8 Å². The number of rotatable bonds is 2. The van der Waals surface area contributed by atoms with Crippen molar-refractivity contribution in [2.45, 2.75) is 30.6 Å². The summed E-state index contributed by atoms with van der Waals surface area (Å²) in [7, 11) is 0.343. The number of nitrogens with two attached hydrogens (primary N) is 1. The molecule has 0 saturated heterocycles. The summed E-state index contributed by atoms with van der Waals surface area (Å²) in [5.41, 5.74) is 7.73. The van der Waals surface area contributed by atoms with Gasteiger partial charge in [-0.15, -0.1) is 0 Å². The first-order chi connectivity index (χ1) is 13.8. The van der Waals surface area contributed by atoms with Gasteiger partial charge in [0.25, 0.3) is 5.91 Å². The van der Waals surface area contributed by atoms with E-state index < -0.39 is 34.2 Å². The average molecular weight is 419 g/mol. The minimum absolute atomic E-state index is 0.199. The summed E-state index contributed by atoms with van der Waals surface area (Å²) < 4.78 is 41.1. The first kappa shape index (κ1) is 19.4. The van der Waals surface area contributed by atoms with Gasteiger partial charge in [0.1, 0.15) is 16.8 Å². The molecule has 2 aliphatic rings. The molecule has 0 bridgehead atoms. The molecule has 29 heavy (non-hydrogen) atoms. The Bertz CT molecular complexity index is 1050. The molecule has 3 unspecified atom stereocenters. The van der Waals surface area contributed by atoms with Crippen LogP contribution in [0.15, 0.2) is 35.5 Å². The average Bonchev–Trinajstić information content (AvgIpc) is 2.85. The van der Waals surface area contributed by atoms with Crippen molar-refractivity contribution >= 4 is 28.5 Å². The number of amides is 1. The van der Waals surface area contributed by atoms with Crippen LogP contribution in [0.1, 0.15) is 40.5 Å². The predicted molar refractivity (Wildman–Crippen MR) is 106 cm³/mol. The molecule has 0 spiro atoms. The molecule has 3 atom stereocenters. The predicted octanol–water partition coefficient (Wildman–Crippen LogP) is 2.28. The van der Waals surface area contributed by atoms with E-state index in [0.717, 1.165) is 36.6 Å². The number of nitrogens with one attached hydrogen (secondary N) is 1. The Morgan fingerprint density at radius 2 is 2.14 bits per heavy atom. The van der Waals surface area contributed by atoms with E-state index in [4.69, 9.17) is 5.73 Å². The lowest BCUT2D eigenvalue weighted by molar-refractivity contribution is 0.101. The smallest absolute Gasteiger partial charge is 0.277 e. The van der Waals surface area contributed by atoms with Crippen LogP contribution in [0.2, 0.25) is 0 Å². The third kappa shape index (κ3) is 3.59. The van der Waals surface area contributed by atoms with Gasteiger partial charge in [-0.25, -0.2) is 23.0 Å². The fraction of sp³-hybridized carbons (Fsp3) is 0.316. The molecule has 0 radical (unpaired) electrons. The number of anilines is 1.